The number of hydrogen-bond donors (Lipinski definition) is 2. The molecule has 2 heterocycles. The number of benzene rings is 1. The van der Waals surface area contributed by atoms with E-state index >= 15 is 0 Å². The van der Waals surface area contributed by atoms with Gasteiger partial charge in [0.1, 0.15) is 0 Å². The van der Waals surface area contributed by atoms with Gasteiger partial charge in [0.15, 0.2) is 0 Å². The third-order valence-corrected chi connectivity index (χ3v) is 6.73. The average Bonchev–Trinajstić information content (AvgIpc) is 3.33. The highest BCUT2D eigenvalue weighted by Gasteiger charge is 2.33. The summed E-state index contributed by atoms with van der Waals surface area (Å²) in [6.07, 6.45) is 5.27. The Hall–Kier alpha value is -2.62. The molecule has 1 aromatic rings. The number of hydrogen-bond acceptors (Lipinski definition) is 5. The van der Waals surface area contributed by atoms with Crippen LogP contribution in [0, 0.1) is 0 Å². The van der Waals surface area contributed by atoms with Gasteiger partial charge >= 0.3 is 11.9 Å². The summed E-state index contributed by atoms with van der Waals surface area (Å²) >= 11 is 12.1. The van der Waals surface area contributed by atoms with Crippen molar-refractivity contribution in [1.29, 1.82) is 0 Å². The van der Waals surface area contributed by atoms with Crippen molar-refractivity contribution in [1.82, 2.24) is 14.7 Å². The highest BCUT2D eigenvalue weighted by molar-refractivity contribution is 6.42. The van der Waals surface area contributed by atoms with Gasteiger partial charge < -0.3 is 24.9 Å². The first-order valence-electron chi connectivity index (χ1n) is 12.0. The molecule has 2 fully saturated rings. The number of carboxylic acids is 2. The number of carbonyl (C=O) groups is 4. The van der Waals surface area contributed by atoms with Crippen LogP contribution in [0.4, 0.5) is 0 Å². The van der Waals surface area contributed by atoms with Crippen molar-refractivity contribution in [2.24, 2.45) is 0 Å². The predicted octanol–water partition coefficient (Wildman–Crippen LogP) is 3.18. The average molecular weight is 542 g/mol. The molecule has 2 aliphatic rings. The molecule has 2 N–H and O–H groups in total. The molecule has 2 amide bonds. The first-order valence-corrected chi connectivity index (χ1v) is 12.7. The maximum atomic E-state index is 13.1. The van der Waals surface area contributed by atoms with Crippen molar-refractivity contribution in [3.63, 3.8) is 0 Å². The van der Waals surface area contributed by atoms with Crippen LogP contribution in [0.5, 0.6) is 0 Å². The molecule has 1 atom stereocenters. The molecule has 2 saturated heterocycles. The molecule has 0 saturated carbocycles. The Kier molecular flexibility index (Phi) is 12.2. The van der Waals surface area contributed by atoms with Crippen LogP contribution in [-0.2, 0) is 25.6 Å². The monoisotopic (exact) mass is 541 g/mol. The molecular weight excluding hydrogens is 509 g/mol. The second kappa shape index (κ2) is 14.8. The number of rotatable bonds is 8. The van der Waals surface area contributed by atoms with Gasteiger partial charge in [-0.15, -0.1) is 0 Å². The summed E-state index contributed by atoms with van der Waals surface area (Å²) in [4.78, 5) is 50.9. The fourth-order valence-corrected chi connectivity index (χ4v) is 4.59. The van der Waals surface area contributed by atoms with E-state index < -0.39 is 11.9 Å². The van der Waals surface area contributed by atoms with Gasteiger partial charge in [-0.2, -0.15) is 0 Å². The summed E-state index contributed by atoms with van der Waals surface area (Å²) in [5, 5.41) is 16.6. The largest absolute Gasteiger partial charge is 0.478 e. The summed E-state index contributed by atoms with van der Waals surface area (Å²) in [5.41, 5.74) is 0.865. The van der Waals surface area contributed by atoms with E-state index in [0.29, 0.717) is 54.7 Å². The molecule has 0 bridgehead atoms. The summed E-state index contributed by atoms with van der Waals surface area (Å²) in [6, 6.07) is 5.39. The number of piperazine rings is 1. The molecule has 11 heteroatoms. The van der Waals surface area contributed by atoms with Crippen LogP contribution in [0.1, 0.15) is 38.2 Å². The van der Waals surface area contributed by atoms with Crippen molar-refractivity contribution in [2.75, 3.05) is 39.3 Å². The Balaban J connectivity index is 0.000000493. The third-order valence-electron chi connectivity index (χ3n) is 6.00. The summed E-state index contributed by atoms with van der Waals surface area (Å²) < 4.78 is 0. The van der Waals surface area contributed by atoms with Crippen molar-refractivity contribution in [2.45, 2.75) is 45.1 Å². The van der Waals surface area contributed by atoms with E-state index in [1.165, 1.54) is 12.8 Å². The maximum absolute atomic E-state index is 13.1. The van der Waals surface area contributed by atoms with Crippen LogP contribution in [0.25, 0.3) is 0 Å². The molecule has 0 aliphatic carbocycles. The van der Waals surface area contributed by atoms with Gasteiger partial charge in [-0.25, -0.2) is 9.59 Å². The number of carboxylic acid groups (broad SMARTS) is 2. The van der Waals surface area contributed by atoms with Crippen molar-refractivity contribution in [3.8, 4) is 0 Å². The lowest BCUT2D eigenvalue weighted by Gasteiger charge is -2.43. The zero-order valence-electron chi connectivity index (χ0n) is 20.4. The van der Waals surface area contributed by atoms with E-state index in [4.69, 9.17) is 33.4 Å². The number of halogens is 2. The highest BCUT2D eigenvalue weighted by atomic mass is 35.5. The maximum Gasteiger partial charge on any atom is 0.328 e. The molecule has 0 radical (unpaired) electrons. The zero-order valence-corrected chi connectivity index (χ0v) is 21.9. The predicted molar refractivity (Wildman–Crippen MR) is 137 cm³/mol. The first kappa shape index (κ1) is 29.6. The number of amides is 2. The fraction of sp³-hybridized carbons (Fsp3) is 0.520. The fourth-order valence-electron chi connectivity index (χ4n) is 4.27. The Morgan fingerprint density at radius 2 is 1.58 bits per heavy atom. The van der Waals surface area contributed by atoms with E-state index in [2.05, 4.69) is 4.90 Å². The SMILES string of the molecule is CCCC(=O)N1CCN(C(=O)Cc2ccc(Cl)c(Cl)c2)C(CN2CCCC2)C1.O=C(O)/C=C\C(=O)O. The second-order valence-electron chi connectivity index (χ2n) is 8.77. The van der Waals surface area contributed by atoms with Crippen LogP contribution in [0.3, 0.4) is 0 Å². The Morgan fingerprint density at radius 3 is 2.14 bits per heavy atom. The number of aliphatic carboxylic acids is 2. The van der Waals surface area contributed by atoms with E-state index in [1.807, 2.05) is 22.8 Å². The van der Waals surface area contributed by atoms with Crippen LogP contribution >= 0.6 is 23.2 Å². The second-order valence-corrected chi connectivity index (χ2v) is 9.59. The molecule has 0 spiro atoms. The number of nitrogens with zero attached hydrogens (tertiary/aromatic N) is 3. The lowest BCUT2D eigenvalue weighted by Crippen LogP contribution is -2.59. The van der Waals surface area contributed by atoms with Gasteiger partial charge in [-0.1, -0.05) is 36.2 Å². The molecule has 3 rings (SSSR count). The van der Waals surface area contributed by atoms with Gasteiger partial charge in [0.25, 0.3) is 0 Å². The number of carbonyl (C=O) groups excluding carboxylic acids is 2. The summed E-state index contributed by atoms with van der Waals surface area (Å²) in [7, 11) is 0. The summed E-state index contributed by atoms with van der Waals surface area (Å²) in [5.74, 6) is -2.23. The van der Waals surface area contributed by atoms with E-state index in [-0.39, 0.29) is 17.9 Å². The first-order chi connectivity index (χ1) is 17.1. The highest BCUT2D eigenvalue weighted by Crippen LogP contribution is 2.24. The standard InChI is InChI=1S/C21H29Cl2N3O2.C4H4O4/c1-2-5-20(27)25-10-11-26(17(15-25)14-24-8-3-4-9-24)21(28)13-16-6-7-18(22)19(23)12-16;5-3(6)1-2-4(7)8/h6-7,12,17H,2-5,8-11,13-15H2,1H3;1-2H,(H,5,6)(H,7,8)/b;2-1-. The molecule has 1 unspecified atom stereocenters. The molecule has 1 aromatic carbocycles. The van der Waals surface area contributed by atoms with E-state index in [0.717, 1.165) is 31.6 Å². The van der Waals surface area contributed by atoms with Gasteiger partial charge in [-0.3, -0.25) is 9.59 Å². The van der Waals surface area contributed by atoms with Gasteiger partial charge in [0.2, 0.25) is 11.8 Å². The minimum atomic E-state index is -1.26. The van der Waals surface area contributed by atoms with Crippen molar-refractivity contribution in [3.05, 3.63) is 46.0 Å². The molecule has 2 aliphatic heterocycles. The Labute approximate surface area is 221 Å². The topological polar surface area (TPSA) is 118 Å². The lowest BCUT2D eigenvalue weighted by molar-refractivity contribution is -0.143. The van der Waals surface area contributed by atoms with Crippen molar-refractivity contribution < 1.29 is 29.4 Å². The van der Waals surface area contributed by atoms with Crippen LogP contribution in [-0.4, -0.2) is 94.0 Å². The minimum absolute atomic E-state index is 0.0444. The van der Waals surface area contributed by atoms with Crippen molar-refractivity contribution >= 4 is 47.0 Å². The smallest absolute Gasteiger partial charge is 0.328 e. The van der Waals surface area contributed by atoms with Crippen LogP contribution in [0.2, 0.25) is 10.0 Å². The zero-order chi connectivity index (χ0) is 26.7. The van der Waals surface area contributed by atoms with Crippen LogP contribution in [0.15, 0.2) is 30.4 Å². The minimum Gasteiger partial charge on any atom is -0.478 e. The van der Waals surface area contributed by atoms with Gasteiger partial charge in [0.05, 0.1) is 22.5 Å². The van der Waals surface area contributed by atoms with Crippen LogP contribution < -0.4 is 0 Å². The quantitative estimate of drug-likeness (QED) is 0.485. The third kappa shape index (κ3) is 9.79. The molecule has 198 valence electrons. The molecular formula is C25H33Cl2N3O6. The van der Waals surface area contributed by atoms with E-state index in [1.54, 1.807) is 12.1 Å². The van der Waals surface area contributed by atoms with Gasteiger partial charge in [0, 0.05) is 44.8 Å². The molecule has 0 aromatic heterocycles. The van der Waals surface area contributed by atoms with Gasteiger partial charge in [-0.05, 0) is 50.0 Å². The molecule has 36 heavy (non-hydrogen) atoms. The summed E-state index contributed by atoms with van der Waals surface area (Å²) in [6.45, 7) is 6.85. The Bertz CT molecular complexity index is 949. The normalized spacial score (nSPS) is 18.1. The number of likely N-dealkylation sites (tertiary alicyclic amines) is 1. The lowest BCUT2D eigenvalue weighted by atomic mass is 10.1. The Morgan fingerprint density at radius 1 is 0.944 bits per heavy atom. The van der Waals surface area contributed by atoms with E-state index in [9.17, 15) is 19.2 Å². The molecule has 9 nitrogen and oxygen atoms in total.